The van der Waals surface area contributed by atoms with E-state index >= 15 is 0 Å². The first-order valence-electron chi connectivity index (χ1n) is 9.10. The van der Waals surface area contributed by atoms with Crippen LogP contribution in [0.15, 0.2) is 11.6 Å². The maximum Gasteiger partial charge on any atom is 0.225 e. The first kappa shape index (κ1) is 17.4. The molecule has 3 rings (SSSR count). The average molecular weight is 350 g/mol. The Morgan fingerprint density at radius 3 is 2.71 bits per heavy atom. The summed E-state index contributed by atoms with van der Waals surface area (Å²) >= 11 is 1.58. The Kier molecular flexibility index (Phi) is 5.87. The van der Waals surface area contributed by atoms with Crippen molar-refractivity contribution < 1.29 is 9.59 Å². The molecule has 0 bridgehead atoms. The largest absolute Gasteiger partial charge is 0.347 e. The molecule has 5 nitrogen and oxygen atoms in total. The summed E-state index contributed by atoms with van der Waals surface area (Å²) in [6.45, 7) is 3.14. The molecule has 1 aliphatic heterocycles. The van der Waals surface area contributed by atoms with Crippen LogP contribution in [0.4, 0.5) is 0 Å². The molecule has 1 aromatic heterocycles. The maximum absolute atomic E-state index is 12.9. The summed E-state index contributed by atoms with van der Waals surface area (Å²) in [5, 5.41) is 5.95. The molecule has 1 N–H and O–H groups in total. The van der Waals surface area contributed by atoms with Crippen molar-refractivity contribution in [1.82, 2.24) is 15.2 Å². The van der Waals surface area contributed by atoms with Crippen LogP contribution in [0, 0.1) is 11.8 Å². The lowest BCUT2D eigenvalue weighted by atomic mass is 9.86. The van der Waals surface area contributed by atoms with Crippen molar-refractivity contribution in [1.29, 1.82) is 0 Å². The normalized spacial score (nSPS) is 23.7. The Labute approximate surface area is 147 Å². The van der Waals surface area contributed by atoms with Crippen molar-refractivity contribution in [2.75, 3.05) is 13.1 Å². The second-order valence-electron chi connectivity index (χ2n) is 7.07. The van der Waals surface area contributed by atoms with Crippen LogP contribution in [0.3, 0.4) is 0 Å². The van der Waals surface area contributed by atoms with Crippen molar-refractivity contribution in [2.24, 2.45) is 11.8 Å². The van der Waals surface area contributed by atoms with Gasteiger partial charge in [-0.25, -0.2) is 4.98 Å². The number of amides is 2. The van der Waals surface area contributed by atoms with Crippen LogP contribution >= 0.6 is 11.3 Å². The molecule has 1 saturated heterocycles. The van der Waals surface area contributed by atoms with E-state index in [2.05, 4.69) is 10.3 Å². The van der Waals surface area contributed by atoms with Gasteiger partial charge in [0, 0.05) is 43.4 Å². The van der Waals surface area contributed by atoms with Gasteiger partial charge in [0.05, 0.1) is 6.04 Å². The van der Waals surface area contributed by atoms with Gasteiger partial charge in [-0.05, 0) is 25.7 Å². The van der Waals surface area contributed by atoms with E-state index in [1.54, 1.807) is 24.5 Å². The molecule has 1 aliphatic carbocycles. The van der Waals surface area contributed by atoms with Gasteiger partial charge in [-0.1, -0.05) is 19.3 Å². The molecular weight excluding hydrogens is 322 g/mol. The Morgan fingerprint density at radius 2 is 2.04 bits per heavy atom. The van der Waals surface area contributed by atoms with Crippen LogP contribution in [0.1, 0.15) is 62.9 Å². The maximum atomic E-state index is 12.9. The molecule has 132 valence electrons. The van der Waals surface area contributed by atoms with E-state index in [0.29, 0.717) is 5.91 Å². The van der Waals surface area contributed by atoms with Crippen LogP contribution in [-0.4, -0.2) is 34.8 Å². The molecular formula is C18H27N3O2S. The van der Waals surface area contributed by atoms with Crippen LogP contribution < -0.4 is 5.32 Å². The van der Waals surface area contributed by atoms with Crippen molar-refractivity contribution in [3.05, 3.63) is 16.6 Å². The van der Waals surface area contributed by atoms with E-state index in [4.69, 9.17) is 0 Å². The number of rotatable bonds is 4. The highest BCUT2D eigenvalue weighted by Crippen LogP contribution is 2.33. The van der Waals surface area contributed by atoms with Crippen LogP contribution in [0.5, 0.6) is 0 Å². The van der Waals surface area contributed by atoms with E-state index in [9.17, 15) is 9.59 Å². The Morgan fingerprint density at radius 1 is 1.25 bits per heavy atom. The third-order valence-corrected chi connectivity index (χ3v) is 6.13. The van der Waals surface area contributed by atoms with E-state index < -0.39 is 0 Å². The molecule has 2 amide bonds. The molecule has 1 aromatic rings. The van der Waals surface area contributed by atoms with Crippen LogP contribution in [0.25, 0.3) is 0 Å². The molecule has 2 heterocycles. The number of carbonyl (C=O) groups excluding carboxylic acids is 2. The zero-order valence-electron chi connectivity index (χ0n) is 14.4. The predicted molar refractivity (Wildman–Crippen MR) is 94.6 cm³/mol. The summed E-state index contributed by atoms with van der Waals surface area (Å²) in [7, 11) is 0. The summed E-state index contributed by atoms with van der Waals surface area (Å²) < 4.78 is 0. The van der Waals surface area contributed by atoms with Gasteiger partial charge >= 0.3 is 0 Å². The van der Waals surface area contributed by atoms with Crippen molar-refractivity contribution in [2.45, 2.75) is 57.9 Å². The number of hydrogen-bond acceptors (Lipinski definition) is 4. The molecule has 6 heteroatoms. The lowest BCUT2D eigenvalue weighted by molar-refractivity contribution is -0.138. The van der Waals surface area contributed by atoms with Gasteiger partial charge in [-0.2, -0.15) is 0 Å². The third kappa shape index (κ3) is 4.15. The minimum atomic E-state index is -0.0792. The molecule has 0 unspecified atom stereocenters. The number of likely N-dealkylation sites (tertiary alicyclic amines) is 1. The van der Waals surface area contributed by atoms with Gasteiger partial charge in [0.2, 0.25) is 11.8 Å². The Bertz CT molecular complexity index is 555. The highest BCUT2D eigenvalue weighted by molar-refractivity contribution is 7.09. The quantitative estimate of drug-likeness (QED) is 0.908. The number of carbonyl (C=O) groups is 2. The van der Waals surface area contributed by atoms with Crippen molar-refractivity contribution in [3.8, 4) is 0 Å². The number of hydrogen-bond donors (Lipinski definition) is 1. The Balaban J connectivity index is 1.68. The molecule has 2 fully saturated rings. The van der Waals surface area contributed by atoms with E-state index in [0.717, 1.165) is 43.8 Å². The number of nitrogens with one attached hydrogen (secondary N) is 1. The lowest BCUT2D eigenvalue weighted by Gasteiger charge is -2.38. The first-order valence-corrected chi connectivity index (χ1v) is 9.98. The number of piperidine rings is 1. The zero-order chi connectivity index (χ0) is 16.9. The van der Waals surface area contributed by atoms with Gasteiger partial charge in [0.25, 0.3) is 0 Å². The fourth-order valence-electron chi connectivity index (χ4n) is 4.08. The lowest BCUT2D eigenvalue weighted by Crippen LogP contribution is -2.47. The van der Waals surface area contributed by atoms with Crippen molar-refractivity contribution >= 4 is 23.2 Å². The monoisotopic (exact) mass is 349 g/mol. The van der Waals surface area contributed by atoms with Gasteiger partial charge in [0.15, 0.2) is 0 Å². The minimum absolute atomic E-state index is 0.0362. The molecule has 24 heavy (non-hydrogen) atoms. The second-order valence-corrected chi connectivity index (χ2v) is 8.00. The fourth-order valence-corrected chi connectivity index (χ4v) is 4.86. The molecule has 0 spiro atoms. The summed E-state index contributed by atoms with van der Waals surface area (Å²) in [5.74, 6) is 0.768. The third-order valence-electron chi connectivity index (χ3n) is 5.27. The van der Waals surface area contributed by atoms with Gasteiger partial charge in [-0.15, -0.1) is 11.3 Å². The predicted octanol–water partition coefficient (Wildman–Crippen LogP) is 3.14. The van der Waals surface area contributed by atoms with E-state index in [1.807, 2.05) is 10.3 Å². The number of thiazole rings is 1. The van der Waals surface area contributed by atoms with Crippen LogP contribution in [0.2, 0.25) is 0 Å². The zero-order valence-corrected chi connectivity index (χ0v) is 15.2. The molecule has 0 radical (unpaired) electrons. The van der Waals surface area contributed by atoms with Crippen LogP contribution in [-0.2, 0) is 9.59 Å². The first-order chi connectivity index (χ1) is 11.6. The summed E-state index contributed by atoms with van der Waals surface area (Å²) in [5.41, 5.74) is 0. The van der Waals surface area contributed by atoms with Gasteiger partial charge in [0.1, 0.15) is 5.01 Å². The summed E-state index contributed by atoms with van der Waals surface area (Å²) in [6.07, 6.45) is 9.53. The second kappa shape index (κ2) is 8.10. The number of nitrogens with zero attached hydrogens (tertiary/aromatic N) is 2. The average Bonchev–Trinajstić information content (AvgIpc) is 3.14. The van der Waals surface area contributed by atoms with E-state index in [1.165, 1.54) is 19.3 Å². The minimum Gasteiger partial charge on any atom is -0.347 e. The number of aromatic nitrogens is 1. The molecule has 1 saturated carbocycles. The smallest absolute Gasteiger partial charge is 0.225 e. The Hall–Kier alpha value is -1.43. The standard InChI is InChI=1S/C18H27N3O2S/c1-13(22)20-16(17-19-9-11-24-17)15-8-5-10-21(12-15)18(23)14-6-3-2-4-7-14/h9,11,14-16H,2-8,10,12H2,1H3,(H,20,22)/t15-,16+/m0/s1. The molecule has 0 aromatic carbocycles. The highest BCUT2D eigenvalue weighted by Gasteiger charge is 2.34. The van der Waals surface area contributed by atoms with E-state index in [-0.39, 0.29) is 23.8 Å². The topological polar surface area (TPSA) is 62.3 Å². The molecule has 2 aliphatic rings. The summed E-state index contributed by atoms with van der Waals surface area (Å²) in [4.78, 5) is 30.9. The summed E-state index contributed by atoms with van der Waals surface area (Å²) in [6, 6.07) is -0.0792. The highest BCUT2D eigenvalue weighted by atomic mass is 32.1. The van der Waals surface area contributed by atoms with Gasteiger partial charge in [-0.3, -0.25) is 9.59 Å². The SMILES string of the molecule is CC(=O)N[C@@H](c1nccs1)[C@H]1CCCN(C(=O)C2CCCCC2)C1. The van der Waals surface area contributed by atoms with Crippen molar-refractivity contribution in [3.63, 3.8) is 0 Å². The fraction of sp³-hybridized carbons (Fsp3) is 0.722. The van der Waals surface area contributed by atoms with Gasteiger partial charge < -0.3 is 10.2 Å². The molecule has 2 atom stereocenters.